The van der Waals surface area contributed by atoms with Crippen LogP contribution in [0.5, 0.6) is 0 Å². The van der Waals surface area contributed by atoms with Gasteiger partial charge in [-0.2, -0.15) is 13.2 Å². The molecule has 4 nitrogen and oxygen atoms in total. The Hall–Kier alpha value is -1.15. The SMILES string of the molecule is Cc1nc(C)c(C(C)NCC(C(=O)O)C(F)(F)F)s1. The van der Waals surface area contributed by atoms with Gasteiger partial charge in [0, 0.05) is 17.5 Å². The van der Waals surface area contributed by atoms with E-state index >= 15 is 0 Å². The average molecular weight is 296 g/mol. The van der Waals surface area contributed by atoms with Crippen LogP contribution in [0.2, 0.25) is 0 Å². The number of carboxylic acids is 1. The van der Waals surface area contributed by atoms with Crippen molar-refractivity contribution >= 4 is 17.3 Å². The van der Waals surface area contributed by atoms with Gasteiger partial charge in [-0.05, 0) is 20.8 Å². The summed E-state index contributed by atoms with van der Waals surface area (Å²) in [5.41, 5.74) is 0.751. The van der Waals surface area contributed by atoms with Crippen molar-refractivity contribution in [3.8, 4) is 0 Å². The highest BCUT2D eigenvalue weighted by Crippen LogP contribution is 2.28. The summed E-state index contributed by atoms with van der Waals surface area (Å²) >= 11 is 1.39. The molecule has 0 radical (unpaired) electrons. The molecule has 0 spiro atoms. The first-order chi connectivity index (χ1) is 8.62. The van der Waals surface area contributed by atoms with E-state index in [2.05, 4.69) is 10.3 Å². The van der Waals surface area contributed by atoms with Crippen molar-refractivity contribution in [3.05, 3.63) is 15.6 Å². The number of aliphatic carboxylic acids is 1. The zero-order valence-corrected chi connectivity index (χ0v) is 11.5. The minimum Gasteiger partial charge on any atom is -0.481 e. The number of aromatic nitrogens is 1. The second kappa shape index (κ2) is 5.87. The van der Waals surface area contributed by atoms with Crippen molar-refractivity contribution in [2.45, 2.75) is 33.0 Å². The fourth-order valence-corrected chi connectivity index (χ4v) is 2.63. The van der Waals surface area contributed by atoms with E-state index in [0.29, 0.717) is 0 Å². The number of carbonyl (C=O) groups is 1. The molecule has 0 saturated carbocycles. The van der Waals surface area contributed by atoms with Crippen LogP contribution in [-0.2, 0) is 4.79 Å². The van der Waals surface area contributed by atoms with E-state index in [1.54, 1.807) is 13.8 Å². The van der Waals surface area contributed by atoms with Crippen molar-refractivity contribution in [3.63, 3.8) is 0 Å². The Morgan fingerprint density at radius 3 is 2.42 bits per heavy atom. The predicted molar refractivity (Wildman–Crippen MR) is 65.2 cm³/mol. The highest BCUT2D eigenvalue weighted by molar-refractivity contribution is 7.11. The Morgan fingerprint density at radius 2 is 2.05 bits per heavy atom. The van der Waals surface area contributed by atoms with Crippen LogP contribution in [0.3, 0.4) is 0 Å². The number of alkyl halides is 3. The molecule has 1 heterocycles. The van der Waals surface area contributed by atoms with Crippen molar-refractivity contribution in [1.82, 2.24) is 10.3 Å². The lowest BCUT2D eigenvalue weighted by molar-refractivity contribution is -0.192. The quantitative estimate of drug-likeness (QED) is 0.877. The van der Waals surface area contributed by atoms with E-state index in [9.17, 15) is 18.0 Å². The average Bonchev–Trinajstić information content (AvgIpc) is 2.55. The molecule has 8 heteroatoms. The Balaban J connectivity index is 2.70. The molecule has 0 amide bonds. The lowest BCUT2D eigenvalue weighted by atomic mass is 10.1. The Kier molecular flexibility index (Phi) is 4.92. The van der Waals surface area contributed by atoms with Crippen LogP contribution >= 0.6 is 11.3 Å². The van der Waals surface area contributed by atoms with E-state index in [4.69, 9.17) is 5.11 Å². The third-order valence-corrected chi connectivity index (χ3v) is 3.91. The number of hydrogen-bond donors (Lipinski definition) is 2. The number of hydrogen-bond acceptors (Lipinski definition) is 4. The highest BCUT2D eigenvalue weighted by Gasteiger charge is 2.44. The number of aryl methyl sites for hydroxylation is 2. The normalized spacial score (nSPS) is 15.3. The van der Waals surface area contributed by atoms with E-state index in [-0.39, 0.29) is 6.04 Å². The number of rotatable bonds is 5. The number of thiazole rings is 1. The summed E-state index contributed by atoms with van der Waals surface area (Å²) in [5, 5.41) is 12.0. The smallest absolute Gasteiger partial charge is 0.403 e. The molecule has 0 aromatic carbocycles. The monoisotopic (exact) mass is 296 g/mol. The molecule has 1 aromatic rings. The predicted octanol–water partition coefficient (Wildman–Crippen LogP) is 2.67. The number of halogens is 3. The summed E-state index contributed by atoms with van der Waals surface area (Å²) in [6, 6.07) is -0.365. The molecule has 1 aromatic heterocycles. The maximum absolute atomic E-state index is 12.5. The fraction of sp³-hybridized carbons (Fsp3) is 0.636. The Morgan fingerprint density at radius 1 is 1.47 bits per heavy atom. The van der Waals surface area contributed by atoms with Gasteiger partial charge in [-0.1, -0.05) is 0 Å². The standard InChI is InChI=1S/C11H15F3N2O2S/c1-5(9-6(2)16-7(3)19-9)15-4-8(10(17)18)11(12,13)14/h5,8,15H,4H2,1-3H3,(H,17,18). The molecule has 108 valence electrons. The Bertz CT molecular complexity index is 459. The maximum atomic E-state index is 12.5. The molecule has 0 aliphatic rings. The van der Waals surface area contributed by atoms with Crippen molar-refractivity contribution in [2.75, 3.05) is 6.54 Å². The summed E-state index contributed by atoms with van der Waals surface area (Å²) in [5.74, 6) is -4.27. The third kappa shape index (κ3) is 4.17. The molecule has 2 atom stereocenters. The minimum atomic E-state index is -4.75. The van der Waals surface area contributed by atoms with E-state index in [1.807, 2.05) is 6.92 Å². The number of carboxylic acid groups (broad SMARTS) is 1. The van der Waals surface area contributed by atoms with Crippen LogP contribution in [0.25, 0.3) is 0 Å². The van der Waals surface area contributed by atoms with Gasteiger partial charge in [-0.15, -0.1) is 11.3 Å². The van der Waals surface area contributed by atoms with Gasteiger partial charge in [-0.25, -0.2) is 4.98 Å². The first kappa shape index (κ1) is 15.9. The van der Waals surface area contributed by atoms with Crippen molar-refractivity contribution < 1.29 is 23.1 Å². The van der Waals surface area contributed by atoms with Gasteiger partial charge < -0.3 is 10.4 Å². The Labute approximate surface area is 112 Å². The molecular weight excluding hydrogens is 281 g/mol. The first-order valence-electron chi connectivity index (χ1n) is 5.59. The van der Waals surface area contributed by atoms with Crippen LogP contribution in [0.1, 0.15) is 28.5 Å². The van der Waals surface area contributed by atoms with Crippen LogP contribution in [0.4, 0.5) is 13.2 Å². The summed E-state index contributed by atoms with van der Waals surface area (Å²) in [6.07, 6.45) is -4.75. The zero-order valence-electron chi connectivity index (χ0n) is 10.7. The summed E-state index contributed by atoms with van der Waals surface area (Å²) in [6.45, 7) is 4.62. The van der Waals surface area contributed by atoms with Crippen molar-refractivity contribution in [1.29, 1.82) is 0 Å². The molecular formula is C11H15F3N2O2S. The molecule has 1 rings (SSSR count). The largest absolute Gasteiger partial charge is 0.481 e. The summed E-state index contributed by atoms with van der Waals surface area (Å²) in [7, 11) is 0. The van der Waals surface area contributed by atoms with Crippen LogP contribution < -0.4 is 5.32 Å². The number of nitrogens with zero attached hydrogens (tertiary/aromatic N) is 1. The van der Waals surface area contributed by atoms with Crippen molar-refractivity contribution in [2.24, 2.45) is 5.92 Å². The van der Waals surface area contributed by atoms with Crippen LogP contribution in [0, 0.1) is 19.8 Å². The molecule has 19 heavy (non-hydrogen) atoms. The van der Waals surface area contributed by atoms with E-state index in [0.717, 1.165) is 15.6 Å². The maximum Gasteiger partial charge on any atom is 0.403 e. The van der Waals surface area contributed by atoms with Crippen LogP contribution in [0.15, 0.2) is 0 Å². The van der Waals surface area contributed by atoms with Gasteiger partial charge in [0.05, 0.1) is 10.7 Å². The third-order valence-electron chi connectivity index (χ3n) is 2.65. The van der Waals surface area contributed by atoms with Gasteiger partial charge >= 0.3 is 12.1 Å². The van der Waals surface area contributed by atoms with E-state index in [1.165, 1.54) is 11.3 Å². The molecule has 0 aliphatic carbocycles. The number of nitrogens with one attached hydrogen (secondary N) is 1. The minimum absolute atomic E-state index is 0.365. The lowest BCUT2D eigenvalue weighted by Crippen LogP contribution is -2.39. The summed E-state index contributed by atoms with van der Waals surface area (Å²) in [4.78, 5) is 15.6. The van der Waals surface area contributed by atoms with Gasteiger partial charge in [0.2, 0.25) is 0 Å². The fourth-order valence-electron chi connectivity index (χ4n) is 1.68. The molecule has 2 unspecified atom stereocenters. The van der Waals surface area contributed by atoms with E-state index < -0.39 is 24.6 Å². The lowest BCUT2D eigenvalue weighted by Gasteiger charge is -2.19. The molecule has 0 aliphatic heterocycles. The van der Waals surface area contributed by atoms with Gasteiger partial charge in [-0.3, -0.25) is 4.79 Å². The van der Waals surface area contributed by atoms with Gasteiger partial charge in [0.1, 0.15) is 0 Å². The van der Waals surface area contributed by atoms with Gasteiger partial charge in [0.15, 0.2) is 5.92 Å². The second-order valence-electron chi connectivity index (χ2n) is 4.24. The highest BCUT2D eigenvalue weighted by atomic mass is 32.1. The zero-order chi connectivity index (χ0) is 14.8. The second-order valence-corrected chi connectivity index (χ2v) is 5.48. The molecule has 0 fully saturated rings. The summed E-state index contributed by atoms with van der Waals surface area (Å²) < 4.78 is 37.4. The van der Waals surface area contributed by atoms with Gasteiger partial charge in [0.25, 0.3) is 0 Å². The van der Waals surface area contributed by atoms with Crippen LogP contribution in [-0.4, -0.2) is 28.8 Å². The molecule has 0 saturated heterocycles. The topological polar surface area (TPSA) is 62.2 Å². The first-order valence-corrected chi connectivity index (χ1v) is 6.41. The molecule has 0 bridgehead atoms. The molecule has 2 N–H and O–H groups in total.